The zero-order valence-corrected chi connectivity index (χ0v) is 20.9. The first kappa shape index (κ1) is 27.0. The van der Waals surface area contributed by atoms with Crippen molar-refractivity contribution in [2.24, 2.45) is 5.92 Å². The van der Waals surface area contributed by atoms with Crippen LogP contribution in [0.5, 0.6) is 0 Å². The molecule has 1 aliphatic rings. The van der Waals surface area contributed by atoms with Gasteiger partial charge in [-0.2, -0.15) is 13.2 Å². The molecule has 0 spiro atoms. The summed E-state index contributed by atoms with van der Waals surface area (Å²) in [7, 11) is 0. The second-order valence-corrected chi connectivity index (χ2v) is 9.32. The van der Waals surface area contributed by atoms with Gasteiger partial charge in [0, 0.05) is 24.7 Å². The Labute approximate surface area is 217 Å². The van der Waals surface area contributed by atoms with Gasteiger partial charge >= 0.3 is 12.3 Å². The van der Waals surface area contributed by atoms with Crippen molar-refractivity contribution >= 4 is 23.5 Å². The van der Waals surface area contributed by atoms with E-state index >= 15 is 0 Å². The molecule has 2 N–H and O–H groups in total. The summed E-state index contributed by atoms with van der Waals surface area (Å²) in [5.74, 6) is -2.04. The summed E-state index contributed by atoms with van der Waals surface area (Å²) in [4.78, 5) is 34.5. The van der Waals surface area contributed by atoms with E-state index < -0.39 is 23.5 Å². The highest BCUT2D eigenvalue weighted by molar-refractivity contribution is 6.04. The molecule has 2 amide bonds. The molecule has 4 rings (SSSR count). The van der Waals surface area contributed by atoms with Gasteiger partial charge in [0.2, 0.25) is 11.7 Å². The lowest BCUT2D eigenvalue weighted by Gasteiger charge is -2.32. The molecule has 3 aromatic rings. The SMILES string of the molecule is CC(C)COC(=O)N1CCC(Nc2ccc(NC(=O)c3nc(-c4ccccc4)oc3C(F)(F)F)cn2)CC1. The summed E-state index contributed by atoms with van der Waals surface area (Å²) in [5, 5.41) is 5.67. The lowest BCUT2D eigenvalue weighted by molar-refractivity contribution is -0.153. The highest BCUT2D eigenvalue weighted by Gasteiger charge is 2.42. The fraction of sp³-hybridized carbons (Fsp3) is 0.385. The van der Waals surface area contributed by atoms with Gasteiger partial charge in [0.05, 0.1) is 18.5 Å². The van der Waals surface area contributed by atoms with Crippen LogP contribution in [-0.2, 0) is 10.9 Å². The molecule has 38 heavy (non-hydrogen) atoms. The van der Waals surface area contributed by atoms with Crippen LogP contribution in [0.15, 0.2) is 53.1 Å². The summed E-state index contributed by atoms with van der Waals surface area (Å²) < 4.78 is 50.8. The second kappa shape index (κ2) is 11.5. The van der Waals surface area contributed by atoms with Crippen LogP contribution in [0, 0.1) is 5.92 Å². The number of hydrogen-bond acceptors (Lipinski definition) is 7. The van der Waals surface area contributed by atoms with E-state index in [2.05, 4.69) is 20.6 Å². The number of pyridine rings is 1. The summed E-state index contributed by atoms with van der Waals surface area (Å²) in [5.41, 5.74) is -0.356. The molecule has 0 bridgehead atoms. The number of nitrogens with one attached hydrogen (secondary N) is 2. The van der Waals surface area contributed by atoms with Crippen molar-refractivity contribution in [1.29, 1.82) is 0 Å². The van der Waals surface area contributed by atoms with Crippen LogP contribution in [0.1, 0.15) is 42.9 Å². The molecule has 9 nitrogen and oxygen atoms in total. The van der Waals surface area contributed by atoms with Crippen molar-refractivity contribution in [2.75, 3.05) is 30.3 Å². The fourth-order valence-corrected chi connectivity index (χ4v) is 3.86. The van der Waals surface area contributed by atoms with E-state index in [1.807, 2.05) is 13.8 Å². The number of halogens is 3. The first-order chi connectivity index (χ1) is 18.1. The molecular weight excluding hydrogens is 503 g/mol. The van der Waals surface area contributed by atoms with Crippen molar-refractivity contribution < 1.29 is 31.9 Å². The number of likely N-dealkylation sites (tertiary alicyclic amines) is 1. The minimum Gasteiger partial charge on any atom is -0.449 e. The highest BCUT2D eigenvalue weighted by Crippen LogP contribution is 2.35. The third-order valence-corrected chi connectivity index (χ3v) is 5.79. The van der Waals surface area contributed by atoms with E-state index in [1.165, 1.54) is 24.4 Å². The molecule has 0 atom stereocenters. The number of carbonyl (C=O) groups excluding carboxylic acids is 2. The molecular formula is C26H28F3N5O4. The van der Waals surface area contributed by atoms with Crippen LogP contribution < -0.4 is 10.6 Å². The Kier molecular flexibility index (Phi) is 8.18. The minimum atomic E-state index is -4.90. The number of amides is 2. The van der Waals surface area contributed by atoms with Crippen molar-refractivity contribution in [2.45, 2.75) is 38.9 Å². The average Bonchev–Trinajstić information content (AvgIpc) is 3.36. The first-order valence-corrected chi connectivity index (χ1v) is 12.2. The van der Waals surface area contributed by atoms with Crippen molar-refractivity contribution in [3.8, 4) is 11.5 Å². The molecule has 0 saturated carbocycles. The number of piperidine rings is 1. The molecule has 0 unspecified atom stereocenters. The van der Waals surface area contributed by atoms with Gasteiger partial charge in [0.25, 0.3) is 5.91 Å². The Hall–Kier alpha value is -4.09. The van der Waals surface area contributed by atoms with Crippen LogP contribution in [0.2, 0.25) is 0 Å². The van der Waals surface area contributed by atoms with Crippen LogP contribution in [0.25, 0.3) is 11.5 Å². The number of rotatable bonds is 7. The molecule has 2 aromatic heterocycles. The number of anilines is 2. The maximum atomic E-state index is 13.5. The van der Waals surface area contributed by atoms with Gasteiger partial charge in [-0.15, -0.1) is 0 Å². The molecule has 1 fully saturated rings. The number of benzene rings is 1. The van der Waals surface area contributed by atoms with E-state index in [0.29, 0.717) is 43.9 Å². The van der Waals surface area contributed by atoms with Gasteiger partial charge < -0.3 is 24.7 Å². The van der Waals surface area contributed by atoms with Gasteiger partial charge in [-0.25, -0.2) is 14.8 Å². The lowest BCUT2D eigenvalue weighted by Crippen LogP contribution is -2.43. The number of oxazole rings is 1. The summed E-state index contributed by atoms with van der Waals surface area (Å²) in [6.45, 7) is 5.43. The largest absolute Gasteiger partial charge is 0.452 e. The Bertz CT molecular complexity index is 1240. The fourth-order valence-electron chi connectivity index (χ4n) is 3.86. The monoisotopic (exact) mass is 531 g/mol. The molecule has 0 radical (unpaired) electrons. The number of ether oxygens (including phenoxy) is 1. The van der Waals surface area contributed by atoms with Gasteiger partial charge in [-0.05, 0) is 43.0 Å². The van der Waals surface area contributed by atoms with Gasteiger partial charge in [0.1, 0.15) is 5.82 Å². The van der Waals surface area contributed by atoms with E-state index in [9.17, 15) is 22.8 Å². The Morgan fingerprint density at radius 2 is 1.84 bits per heavy atom. The summed E-state index contributed by atoms with van der Waals surface area (Å²) in [6.07, 6.45) is -2.48. The molecule has 202 valence electrons. The molecule has 3 heterocycles. The third-order valence-electron chi connectivity index (χ3n) is 5.79. The lowest BCUT2D eigenvalue weighted by atomic mass is 10.1. The predicted octanol–water partition coefficient (Wildman–Crippen LogP) is 5.68. The number of hydrogen-bond donors (Lipinski definition) is 2. The van der Waals surface area contributed by atoms with Gasteiger partial charge in [-0.1, -0.05) is 32.0 Å². The quantitative estimate of drug-likeness (QED) is 0.404. The number of carbonyl (C=O) groups is 2. The Balaban J connectivity index is 1.35. The van der Waals surface area contributed by atoms with Crippen LogP contribution in [0.3, 0.4) is 0 Å². The smallest absolute Gasteiger partial charge is 0.449 e. The summed E-state index contributed by atoms with van der Waals surface area (Å²) in [6, 6.07) is 11.2. The highest BCUT2D eigenvalue weighted by atomic mass is 19.4. The van der Waals surface area contributed by atoms with Gasteiger partial charge in [0.15, 0.2) is 5.69 Å². The normalized spacial score (nSPS) is 14.4. The zero-order valence-electron chi connectivity index (χ0n) is 20.9. The van der Waals surface area contributed by atoms with Gasteiger partial charge in [-0.3, -0.25) is 4.79 Å². The zero-order chi connectivity index (χ0) is 27.3. The van der Waals surface area contributed by atoms with E-state index in [1.54, 1.807) is 29.2 Å². The van der Waals surface area contributed by atoms with Crippen LogP contribution in [0.4, 0.5) is 29.5 Å². The van der Waals surface area contributed by atoms with Crippen LogP contribution in [-0.4, -0.2) is 52.6 Å². The van der Waals surface area contributed by atoms with Crippen molar-refractivity contribution in [1.82, 2.24) is 14.9 Å². The molecule has 12 heteroatoms. The molecule has 1 saturated heterocycles. The average molecular weight is 532 g/mol. The number of aromatic nitrogens is 2. The van der Waals surface area contributed by atoms with E-state index in [0.717, 1.165) is 0 Å². The van der Waals surface area contributed by atoms with Crippen LogP contribution >= 0.6 is 0 Å². The van der Waals surface area contributed by atoms with Crippen molar-refractivity contribution in [3.05, 3.63) is 60.1 Å². The molecule has 0 aliphatic carbocycles. The Morgan fingerprint density at radius 3 is 2.45 bits per heavy atom. The van der Waals surface area contributed by atoms with E-state index in [4.69, 9.17) is 9.15 Å². The number of nitrogens with zero attached hydrogens (tertiary/aromatic N) is 3. The predicted molar refractivity (Wildman–Crippen MR) is 134 cm³/mol. The second-order valence-electron chi connectivity index (χ2n) is 9.32. The first-order valence-electron chi connectivity index (χ1n) is 12.2. The molecule has 1 aromatic carbocycles. The molecule has 1 aliphatic heterocycles. The summed E-state index contributed by atoms with van der Waals surface area (Å²) >= 11 is 0. The third kappa shape index (κ3) is 6.81. The van der Waals surface area contributed by atoms with E-state index in [-0.39, 0.29) is 29.6 Å². The Morgan fingerprint density at radius 1 is 1.13 bits per heavy atom. The maximum absolute atomic E-state index is 13.5. The minimum absolute atomic E-state index is 0.0815. The number of alkyl halides is 3. The maximum Gasteiger partial charge on any atom is 0.452 e. The van der Waals surface area contributed by atoms with Crippen molar-refractivity contribution in [3.63, 3.8) is 0 Å². The topological polar surface area (TPSA) is 110 Å². The standard InChI is InChI=1S/C26H28F3N5O4/c1-16(2)15-37-25(36)34-12-10-18(11-13-34)31-20-9-8-19(14-30-20)32-23(35)21-22(26(27,28)29)38-24(33-21)17-6-4-3-5-7-17/h3-9,14,16,18H,10-13,15H2,1-2H3,(H,30,31)(H,32,35).